The third-order valence-corrected chi connectivity index (χ3v) is 3.03. The molecule has 1 aliphatic heterocycles. The second-order valence-electron chi connectivity index (χ2n) is 5.36. The van der Waals surface area contributed by atoms with Crippen molar-refractivity contribution in [2.45, 2.75) is 51.5 Å². The molecule has 1 aromatic rings. The molecule has 0 saturated carbocycles. The lowest BCUT2D eigenvalue weighted by atomic mass is 9.85. The first-order valence-corrected chi connectivity index (χ1v) is 5.77. The van der Waals surface area contributed by atoms with Gasteiger partial charge in [0.1, 0.15) is 0 Å². The number of nitrogens with zero attached hydrogens (tertiary/aromatic N) is 1. The van der Waals surface area contributed by atoms with E-state index in [1.165, 1.54) is 18.4 Å². The van der Waals surface area contributed by atoms with Crippen LogP contribution in [0.15, 0.2) is 10.7 Å². The van der Waals surface area contributed by atoms with Gasteiger partial charge in [0, 0.05) is 5.56 Å². The molecule has 2 heterocycles. The molecule has 84 valence electrons. The van der Waals surface area contributed by atoms with Gasteiger partial charge in [0.15, 0.2) is 5.76 Å². The second kappa shape index (κ2) is 3.97. The highest BCUT2D eigenvalue weighted by Gasteiger charge is 2.27. The molecule has 0 radical (unpaired) electrons. The molecule has 1 atom stereocenters. The van der Waals surface area contributed by atoms with Crippen molar-refractivity contribution in [3.05, 3.63) is 17.5 Å². The maximum Gasteiger partial charge on any atom is 0.157 e. The summed E-state index contributed by atoms with van der Waals surface area (Å²) in [5, 5.41) is 7.45. The summed E-state index contributed by atoms with van der Waals surface area (Å²) in [6, 6.07) is 0.371. The fraction of sp³-hybridized carbons (Fsp3) is 0.750. The smallest absolute Gasteiger partial charge is 0.157 e. The molecule has 3 nitrogen and oxygen atoms in total. The molecule has 0 amide bonds. The predicted octanol–water partition coefficient (Wildman–Crippen LogP) is 2.79. The third kappa shape index (κ3) is 2.23. The molecule has 1 saturated heterocycles. The zero-order valence-corrected chi connectivity index (χ0v) is 9.84. The lowest BCUT2D eigenvalue weighted by Gasteiger charge is -2.25. The van der Waals surface area contributed by atoms with E-state index in [4.69, 9.17) is 4.52 Å². The fourth-order valence-electron chi connectivity index (χ4n) is 2.14. The third-order valence-electron chi connectivity index (χ3n) is 3.03. The van der Waals surface area contributed by atoms with Crippen molar-refractivity contribution in [1.29, 1.82) is 0 Å². The van der Waals surface area contributed by atoms with Crippen LogP contribution in [0.1, 0.15) is 57.4 Å². The molecule has 1 fully saturated rings. The van der Waals surface area contributed by atoms with E-state index in [0.29, 0.717) is 6.04 Å². The Kier molecular flexibility index (Phi) is 2.83. The van der Waals surface area contributed by atoms with Crippen LogP contribution >= 0.6 is 0 Å². The Hall–Kier alpha value is -0.830. The van der Waals surface area contributed by atoms with Crippen molar-refractivity contribution in [3.8, 4) is 0 Å². The molecule has 0 bridgehead atoms. The first kappa shape index (κ1) is 10.7. The van der Waals surface area contributed by atoms with E-state index in [-0.39, 0.29) is 5.41 Å². The molecule has 0 spiro atoms. The van der Waals surface area contributed by atoms with Gasteiger partial charge in [-0.15, -0.1) is 0 Å². The average Bonchev–Trinajstić information content (AvgIpc) is 2.67. The van der Waals surface area contributed by atoms with Gasteiger partial charge in [-0.1, -0.05) is 32.3 Å². The van der Waals surface area contributed by atoms with Gasteiger partial charge >= 0.3 is 0 Å². The second-order valence-corrected chi connectivity index (χ2v) is 5.36. The minimum atomic E-state index is 0.120. The largest absolute Gasteiger partial charge is 0.359 e. The van der Waals surface area contributed by atoms with Crippen molar-refractivity contribution >= 4 is 0 Å². The number of hydrogen-bond acceptors (Lipinski definition) is 3. The molecule has 15 heavy (non-hydrogen) atoms. The van der Waals surface area contributed by atoms with Crippen molar-refractivity contribution in [2.24, 2.45) is 0 Å². The van der Waals surface area contributed by atoms with Gasteiger partial charge in [-0.25, -0.2) is 0 Å². The summed E-state index contributed by atoms with van der Waals surface area (Å²) in [6.07, 6.45) is 5.58. The monoisotopic (exact) mass is 208 g/mol. The standard InChI is InChI=1S/C12H20N2O/c1-12(2,3)9-8-14-15-11(9)10-6-4-5-7-13-10/h8,10,13H,4-7H2,1-3H3. The fourth-order valence-corrected chi connectivity index (χ4v) is 2.14. The Morgan fingerprint density at radius 1 is 1.40 bits per heavy atom. The average molecular weight is 208 g/mol. The Labute approximate surface area is 91.2 Å². The Bertz CT molecular complexity index is 319. The first-order valence-electron chi connectivity index (χ1n) is 5.77. The van der Waals surface area contributed by atoms with Gasteiger partial charge in [0.05, 0.1) is 12.2 Å². The first-order chi connectivity index (χ1) is 7.09. The van der Waals surface area contributed by atoms with Gasteiger partial charge in [-0.2, -0.15) is 0 Å². The quantitative estimate of drug-likeness (QED) is 0.771. The van der Waals surface area contributed by atoms with E-state index in [2.05, 4.69) is 31.2 Å². The van der Waals surface area contributed by atoms with Gasteiger partial charge in [-0.05, 0) is 24.8 Å². The van der Waals surface area contributed by atoms with Crippen molar-refractivity contribution < 1.29 is 4.52 Å². The molecular weight excluding hydrogens is 188 g/mol. The molecule has 1 aromatic heterocycles. The van der Waals surface area contributed by atoms with Crippen molar-refractivity contribution in [2.75, 3.05) is 6.54 Å². The molecule has 1 unspecified atom stereocenters. The molecule has 0 aliphatic carbocycles. The summed E-state index contributed by atoms with van der Waals surface area (Å²) < 4.78 is 5.42. The van der Waals surface area contributed by atoms with Crippen molar-refractivity contribution in [1.82, 2.24) is 10.5 Å². The van der Waals surface area contributed by atoms with E-state index >= 15 is 0 Å². The highest BCUT2D eigenvalue weighted by Crippen LogP contribution is 2.32. The Morgan fingerprint density at radius 3 is 2.80 bits per heavy atom. The summed E-state index contributed by atoms with van der Waals surface area (Å²) in [5.41, 5.74) is 1.36. The molecule has 2 rings (SSSR count). The highest BCUT2D eigenvalue weighted by atomic mass is 16.5. The maximum atomic E-state index is 5.42. The molecular formula is C12H20N2O. The summed E-state index contributed by atoms with van der Waals surface area (Å²) in [7, 11) is 0. The number of rotatable bonds is 1. The molecule has 0 aromatic carbocycles. The van der Waals surface area contributed by atoms with Gasteiger partial charge in [-0.3, -0.25) is 0 Å². The lowest BCUT2D eigenvalue weighted by molar-refractivity contribution is 0.299. The molecule has 1 aliphatic rings. The summed E-state index contributed by atoms with van der Waals surface area (Å²) in [4.78, 5) is 0. The van der Waals surface area contributed by atoms with Crippen LogP contribution in [-0.4, -0.2) is 11.7 Å². The Balaban J connectivity index is 2.24. The van der Waals surface area contributed by atoms with Crippen LogP contribution in [0, 0.1) is 0 Å². The van der Waals surface area contributed by atoms with E-state index in [9.17, 15) is 0 Å². The number of piperidine rings is 1. The zero-order chi connectivity index (χ0) is 10.9. The zero-order valence-electron chi connectivity index (χ0n) is 9.84. The maximum absolute atomic E-state index is 5.42. The van der Waals surface area contributed by atoms with Crippen LogP contribution in [0.5, 0.6) is 0 Å². The normalized spacial score (nSPS) is 23.0. The topological polar surface area (TPSA) is 38.1 Å². The SMILES string of the molecule is CC(C)(C)c1cnoc1C1CCCCN1. The summed E-state index contributed by atoms with van der Waals surface area (Å²) in [6.45, 7) is 7.69. The van der Waals surface area contributed by atoms with Crippen molar-refractivity contribution in [3.63, 3.8) is 0 Å². The van der Waals surface area contributed by atoms with Crippen LogP contribution < -0.4 is 5.32 Å². The number of aromatic nitrogens is 1. The van der Waals surface area contributed by atoms with Gasteiger partial charge in [0.2, 0.25) is 0 Å². The molecule has 1 N–H and O–H groups in total. The van der Waals surface area contributed by atoms with Crippen LogP contribution in [0.25, 0.3) is 0 Å². The summed E-state index contributed by atoms with van der Waals surface area (Å²) in [5.74, 6) is 1.04. The van der Waals surface area contributed by atoms with E-state index in [1.807, 2.05) is 6.20 Å². The highest BCUT2D eigenvalue weighted by molar-refractivity contribution is 5.25. The van der Waals surface area contributed by atoms with Crippen LogP contribution in [0.4, 0.5) is 0 Å². The van der Waals surface area contributed by atoms with E-state index in [0.717, 1.165) is 18.7 Å². The number of hydrogen-bond donors (Lipinski definition) is 1. The van der Waals surface area contributed by atoms with Crippen LogP contribution in [0.3, 0.4) is 0 Å². The van der Waals surface area contributed by atoms with Crippen LogP contribution in [0.2, 0.25) is 0 Å². The minimum Gasteiger partial charge on any atom is -0.359 e. The van der Waals surface area contributed by atoms with E-state index in [1.54, 1.807) is 0 Å². The predicted molar refractivity (Wildman–Crippen MR) is 59.8 cm³/mol. The minimum absolute atomic E-state index is 0.120. The van der Waals surface area contributed by atoms with Crippen LogP contribution in [-0.2, 0) is 5.41 Å². The van der Waals surface area contributed by atoms with Gasteiger partial charge < -0.3 is 9.84 Å². The van der Waals surface area contributed by atoms with E-state index < -0.39 is 0 Å². The Morgan fingerprint density at radius 2 is 2.20 bits per heavy atom. The number of nitrogens with one attached hydrogen (secondary N) is 1. The lowest BCUT2D eigenvalue weighted by Crippen LogP contribution is -2.28. The van der Waals surface area contributed by atoms with Gasteiger partial charge in [0.25, 0.3) is 0 Å². The summed E-state index contributed by atoms with van der Waals surface area (Å²) >= 11 is 0. The molecule has 3 heteroatoms.